The molecule has 0 aliphatic carbocycles. The Labute approximate surface area is 86.8 Å². The summed E-state index contributed by atoms with van der Waals surface area (Å²) in [5.74, 6) is -0.848. The molecule has 0 radical (unpaired) electrons. The zero-order valence-electron chi connectivity index (χ0n) is 8.00. The van der Waals surface area contributed by atoms with Crippen LogP contribution < -0.4 is 0 Å². The van der Waals surface area contributed by atoms with E-state index < -0.39 is 5.97 Å². The Kier molecular flexibility index (Phi) is 4.72. The molecule has 78 valence electrons. The second kappa shape index (κ2) is 6.42. The van der Waals surface area contributed by atoms with Crippen molar-refractivity contribution in [2.24, 2.45) is 10.2 Å². The fourth-order valence-corrected chi connectivity index (χ4v) is 0.811. The molecule has 0 saturated carbocycles. The highest BCUT2D eigenvalue weighted by Gasteiger charge is 2.06. The Morgan fingerprint density at radius 1 is 1.13 bits per heavy atom. The minimum atomic E-state index is -0.547. The van der Waals surface area contributed by atoms with Crippen LogP contribution in [0.5, 0.6) is 0 Å². The van der Waals surface area contributed by atoms with Gasteiger partial charge >= 0.3 is 5.97 Å². The van der Waals surface area contributed by atoms with Crippen molar-refractivity contribution in [3.63, 3.8) is 0 Å². The van der Waals surface area contributed by atoms with E-state index in [1.54, 1.807) is 6.08 Å². The number of hydrogen-bond acceptors (Lipinski definition) is 5. The fraction of sp³-hybridized carbons (Fsp3) is 0.200. The summed E-state index contributed by atoms with van der Waals surface area (Å²) in [4.78, 5) is 22.1. The van der Waals surface area contributed by atoms with Gasteiger partial charge in [-0.3, -0.25) is 9.59 Å². The lowest BCUT2D eigenvalue weighted by molar-refractivity contribution is -0.144. The monoisotopic (exact) mass is 206 g/mol. The fourth-order valence-electron chi connectivity index (χ4n) is 0.811. The lowest BCUT2D eigenvalue weighted by atomic mass is 10.2. The Hall–Kier alpha value is -2.04. The molecule has 0 fully saturated rings. The Morgan fingerprint density at radius 2 is 1.93 bits per heavy atom. The number of allylic oxidation sites excluding steroid dienone is 3. The summed E-state index contributed by atoms with van der Waals surface area (Å²) in [6.45, 7) is 0.0958. The normalized spacial score (nSPS) is 17.9. The Balaban J connectivity index is 2.66. The molecule has 0 unspecified atom stereocenters. The minimum absolute atomic E-state index is 0.0958. The molecule has 0 saturated heterocycles. The first-order valence-electron chi connectivity index (χ1n) is 4.35. The third-order valence-electron chi connectivity index (χ3n) is 1.44. The standard InChI is InChI=1S/C10H10N2O3/c13-9-4-1-2-5-11-12-6-3-7-15-10(14)8-9/h1-6H,7-8H2. The van der Waals surface area contributed by atoms with Gasteiger partial charge in [-0.25, -0.2) is 0 Å². The summed E-state index contributed by atoms with van der Waals surface area (Å²) in [7, 11) is 0. The molecule has 1 rings (SSSR count). The molecule has 1 heterocycles. The first kappa shape index (κ1) is 11.0. The number of carbonyl (C=O) groups excluding carboxylic acids is 2. The van der Waals surface area contributed by atoms with Crippen LogP contribution in [0, 0.1) is 0 Å². The van der Waals surface area contributed by atoms with Crippen molar-refractivity contribution in [1.82, 2.24) is 0 Å². The zero-order chi connectivity index (χ0) is 10.9. The van der Waals surface area contributed by atoms with Gasteiger partial charge in [0.15, 0.2) is 5.78 Å². The predicted octanol–water partition coefficient (Wildman–Crippen LogP) is 1.54. The smallest absolute Gasteiger partial charge is 0.313 e. The van der Waals surface area contributed by atoms with Crippen molar-refractivity contribution in [1.29, 1.82) is 0 Å². The second-order valence-corrected chi connectivity index (χ2v) is 2.64. The SMILES string of the molecule is O=C1C=CC=CN=NC=CCOC(=O)C1. The van der Waals surface area contributed by atoms with E-state index in [1.165, 1.54) is 30.6 Å². The molecule has 1 aliphatic heterocycles. The number of ketones is 1. The topological polar surface area (TPSA) is 68.1 Å². The average molecular weight is 206 g/mol. The third kappa shape index (κ3) is 5.30. The van der Waals surface area contributed by atoms with E-state index >= 15 is 0 Å². The molecular formula is C10H10N2O3. The van der Waals surface area contributed by atoms with Gasteiger partial charge in [0.05, 0.1) is 0 Å². The van der Waals surface area contributed by atoms with Crippen LogP contribution in [0.1, 0.15) is 6.42 Å². The van der Waals surface area contributed by atoms with Gasteiger partial charge in [-0.1, -0.05) is 6.08 Å². The second-order valence-electron chi connectivity index (χ2n) is 2.64. The number of hydrogen-bond donors (Lipinski definition) is 0. The molecule has 15 heavy (non-hydrogen) atoms. The highest BCUT2D eigenvalue weighted by atomic mass is 16.5. The maximum Gasteiger partial charge on any atom is 0.313 e. The lowest BCUT2D eigenvalue weighted by Crippen LogP contribution is -2.09. The van der Waals surface area contributed by atoms with Crippen LogP contribution >= 0.6 is 0 Å². The quantitative estimate of drug-likeness (QED) is 0.446. The highest BCUT2D eigenvalue weighted by Crippen LogP contribution is 1.93. The summed E-state index contributed by atoms with van der Waals surface area (Å²) in [6, 6.07) is 0. The van der Waals surface area contributed by atoms with E-state index in [-0.39, 0.29) is 18.8 Å². The first-order chi connectivity index (χ1) is 7.29. The molecule has 0 aromatic rings. The van der Waals surface area contributed by atoms with Crippen molar-refractivity contribution in [2.75, 3.05) is 6.61 Å². The molecule has 0 bridgehead atoms. The number of rotatable bonds is 0. The van der Waals surface area contributed by atoms with Crippen LogP contribution in [0.25, 0.3) is 0 Å². The number of azo groups is 1. The maximum absolute atomic E-state index is 11.1. The zero-order valence-corrected chi connectivity index (χ0v) is 8.00. The van der Waals surface area contributed by atoms with E-state index in [0.717, 1.165) is 0 Å². The molecular weight excluding hydrogens is 196 g/mol. The van der Waals surface area contributed by atoms with E-state index in [2.05, 4.69) is 10.2 Å². The Morgan fingerprint density at radius 3 is 2.80 bits per heavy atom. The van der Waals surface area contributed by atoms with Gasteiger partial charge < -0.3 is 4.74 Å². The van der Waals surface area contributed by atoms with Crippen molar-refractivity contribution in [3.8, 4) is 0 Å². The third-order valence-corrected chi connectivity index (χ3v) is 1.44. The van der Waals surface area contributed by atoms with Gasteiger partial charge in [0.1, 0.15) is 13.0 Å². The summed E-state index contributed by atoms with van der Waals surface area (Å²) in [5.41, 5.74) is 0. The van der Waals surface area contributed by atoms with Gasteiger partial charge in [0.25, 0.3) is 0 Å². The molecule has 0 aromatic carbocycles. The number of carbonyl (C=O) groups is 2. The molecule has 5 nitrogen and oxygen atoms in total. The van der Waals surface area contributed by atoms with E-state index in [0.29, 0.717) is 0 Å². The molecule has 0 aromatic heterocycles. The molecule has 1 aliphatic rings. The van der Waals surface area contributed by atoms with Gasteiger partial charge in [-0.05, 0) is 18.2 Å². The number of nitrogens with zero attached hydrogens (tertiary/aromatic N) is 2. The van der Waals surface area contributed by atoms with Gasteiger partial charge in [-0.2, -0.15) is 10.2 Å². The molecule has 0 spiro atoms. The van der Waals surface area contributed by atoms with Gasteiger partial charge in [-0.15, -0.1) is 0 Å². The van der Waals surface area contributed by atoms with Crippen molar-refractivity contribution in [3.05, 3.63) is 36.7 Å². The number of cyclic esters (lactones) is 1. The van der Waals surface area contributed by atoms with Crippen LogP contribution in [-0.4, -0.2) is 18.4 Å². The largest absolute Gasteiger partial charge is 0.461 e. The average Bonchev–Trinajstić information content (AvgIpc) is 2.21. The first-order valence-corrected chi connectivity index (χ1v) is 4.35. The molecule has 0 amide bonds. The van der Waals surface area contributed by atoms with E-state index in [1.807, 2.05) is 0 Å². The summed E-state index contributed by atoms with van der Waals surface area (Å²) < 4.78 is 4.72. The highest BCUT2D eigenvalue weighted by molar-refractivity contribution is 6.02. The van der Waals surface area contributed by atoms with Crippen molar-refractivity contribution in [2.45, 2.75) is 6.42 Å². The van der Waals surface area contributed by atoms with Crippen molar-refractivity contribution < 1.29 is 14.3 Å². The molecule has 0 N–H and O–H groups in total. The van der Waals surface area contributed by atoms with E-state index in [4.69, 9.17) is 4.74 Å². The Bertz CT molecular complexity index is 354. The van der Waals surface area contributed by atoms with Crippen molar-refractivity contribution >= 4 is 11.8 Å². The van der Waals surface area contributed by atoms with Crippen LogP contribution in [0.15, 0.2) is 46.9 Å². The molecule has 5 heteroatoms. The predicted molar refractivity (Wildman–Crippen MR) is 52.9 cm³/mol. The van der Waals surface area contributed by atoms with E-state index in [9.17, 15) is 9.59 Å². The summed E-state index contributed by atoms with van der Waals surface area (Å²) in [5, 5.41) is 7.26. The summed E-state index contributed by atoms with van der Waals surface area (Å²) in [6.07, 6.45) is 8.49. The van der Waals surface area contributed by atoms with Gasteiger partial charge in [0, 0.05) is 12.4 Å². The van der Waals surface area contributed by atoms with Crippen LogP contribution in [0.2, 0.25) is 0 Å². The molecule has 0 atom stereocenters. The lowest BCUT2D eigenvalue weighted by Gasteiger charge is -1.97. The minimum Gasteiger partial charge on any atom is -0.461 e. The van der Waals surface area contributed by atoms with Crippen LogP contribution in [0.4, 0.5) is 0 Å². The van der Waals surface area contributed by atoms with Crippen LogP contribution in [-0.2, 0) is 14.3 Å². The maximum atomic E-state index is 11.1. The summed E-state index contributed by atoms with van der Waals surface area (Å²) >= 11 is 0. The number of ether oxygens (including phenoxy) is 1. The van der Waals surface area contributed by atoms with Gasteiger partial charge in [0.2, 0.25) is 0 Å². The number of esters is 1. The van der Waals surface area contributed by atoms with Crippen LogP contribution in [0.3, 0.4) is 0 Å².